The van der Waals surface area contributed by atoms with Crippen molar-refractivity contribution in [1.29, 1.82) is 0 Å². The molecule has 0 amide bonds. The van der Waals surface area contributed by atoms with Gasteiger partial charge in [-0.15, -0.1) is 0 Å². The summed E-state index contributed by atoms with van der Waals surface area (Å²) in [7, 11) is -4.67. The van der Waals surface area contributed by atoms with Gasteiger partial charge in [0, 0.05) is 19.4 Å². The van der Waals surface area contributed by atoms with Crippen molar-refractivity contribution in [2.24, 2.45) is 5.73 Å². The number of allylic oxidation sites excluding steroid dienone is 4. The fourth-order valence-electron chi connectivity index (χ4n) is 5.35. The predicted molar refractivity (Wildman–Crippen MR) is 208 cm³/mol. The van der Waals surface area contributed by atoms with Gasteiger partial charge in [0.25, 0.3) is 7.82 Å². The number of unbranched alkanes of at least 4 members (excludes halogenated alkanes) is 12. The lowest BCUT2D eigenvalue weighted by Crippen LogP contribution is -2.30. The highest BCUT2D eigenvalue weighted by Gasteiger charge is 2.21. The Bertz CT molecular complexity index is 1360. The van der Waals surface area contributed by atoms with Gasteiger partial charge in [-0.1, -0.05) is 175 Å². The first-order chi connectivity index (χ1) is 25.3. The third kappa shape index (κ3) is 24.0. The zero-order valence-electron chi connectivity index (χ0n) is 31.2. The first kappa shape index (κ1) is 44.8. The van der Waals surface area contributed by atoms with Gasteiger partial charge < -0.3 is 29.1 Å². The molecule has 0 saturated carbocycles. The van der Waals surface area contributed by atoms with E-state index in [4.69, 9.17) is 19.7 Å². The minimum absolute atomic E-state index is 0.00802. The quantitative estimate of drug-likeness (QED) is 0.0360. The fourth-order valence-corrected chi connectivity index (χ4v) is 6.10. The molecule has 0 aromatic heterocycles. The highest BCUT2D eigenvalue weighted by Crippen LogP contribution is 2.38. The number of aryl methyl sites for hydroxylation is 1. The Labute approximate surface area is 312 Å². The van der Waals surface area contributed by atoms with Crippen molar-refractivity contribution in [3.05, 3.63) is 95.6 Å². The fraction of sp³-hybridized carbons (Fsp3) is 0.524. The smallest absolute Gasteiger partial charge is 0.306 e. The molecular weight excluding hydrogens is 677 g/mol. The predicted octanol–water partition coefficient (Wildman–Crippen LogP) is 9.30. The van der Waals surface area contributed by atoms with Gasteiger partial charge in [-0.05, 0) is 29.5 Å². The molecule has 10 heteroatoms. The molecule has 1 unspecified atom stereocenters. The van der Waals surface area contributed by atoms with Crippen molar-refractivity contribution in [3.8, 4) is 0 Å². The number of nitrogens with two attached hydrogens (primary N) is 1. The van der Waals surface area contributed by atoms with E-state index in [1.807, 2.05) is 91.1 Å². The van der Waals surface area contributed by atoms with Crippen molar-refractivity contribution >= 4 is 31.9 Å². The zero-order valence-corrected chi connectivity index (χ0v) is 32.1. The van der Waals surface area contributed by atoms with E-state index in [2.05, 4.69) is 11.4 Å². The van der Waals surface area contributed by atoms with Gasteiger partial charge >= 0.3 is 11.9 Å². The number of hydrogen-bond acceptors (Lipinski definition) is 9. The van der Waals surface area contributed by atoms with Gasteiger partial charge in [-0.25, -0.2) is 0 Å². The minimum atomic E-state index is -4.67. The summed E-state index contributed by atoms with van der Waals surface area (Å²) in [5, 5.41) is 0. The largest absolute Gasteiger partial charge is 0.756 e. The molecule has 2 rings (SSSR count). The normalized spacial score (nSPS) is 13.5. The van der Waals surface area contributed by atoms with Gasteiger partial charge in [0.15, 0.2) is 6.10 Å². The number of carbonyl (C=O) groups is 2. The summed E-state index contributed by atoms with van der Waals surface area (Å²) in [6, 6.07) is 17.9. The number of benzene rings is 2. The van der Waals surface area contributed by atoms with Crippen LogP contribution >= 0.6 is 7.82 Å². The van der Waals surface area contributed by atoms with Crippen LogP contribution in [0.2, 0.25) is 0 Å². The van der Waals surface area contributed by atoms with E-state index in [0.717, 1.165) is 36.0 Å². The van der Waals surface area contributed by atoms with Gasteiger partial charge in [0.05, 0.1) is 13.2 Å². The Balaban J connectivity index is 1.71. The van der Waals surface area contributed by atoms with Gasteiger partial charge in [-0.2, -0.15) is 0 Å². The van der Waals surface area contributed by atoms with Crippen LogP contribution in [0.5, 0.6) is 0 Å². The molecule has 2 atom stereocenters. The number of rotatable bonds is 30. The number of phosphoric ester groups is 1. The second-order valence-electron chi connectivity index (χ2n) is 12.9. The molecule has 52 heavy (non-hydrogen) atoms. The molecule has 288 valence electrons. The zero-order chi connectivity index (χ0) is 37.5. The molecule has 2 N–H and O–H groups in total. The summed E-state index contributed by atoms with van der Waals surface area (Å²) >= 11 is 0. The molecule has 0 aliphatic rings. The summed E-state index contributed by atoms with van der Waals surface area (Å²) in [6.07, 6.45) is 27.1. The molecule has 0 fully saturated rings. The topological polar surface area (TPSA) is 137 Å². The molecule has 0 bridgehead atoms. The lowest BCUT2D eigenvalue weighted by Gasteiger charge is -2.25. The van der Waals surface area contributed by atoms with Gasteiger partial charge in [-0.3, -0.25) is 14.2 Å². The van der Waals surface area contributed by atoms with Crippen molar-refractivity contribution in [1.82, 2.24) is 0 Å². The molecule has 0 spiro atoms. The summed E-state index contributed by atoms with van der Waals surface area (Å²) in [6.45, 7) is 1.13. The van der Waals surface area contributed by atoms with Crippen LogP contribution in [0.25, 0.3) is 12.2 Å². The van der Waals surface area contributed by atoms with E-state index in [-0.39, 0.29) is 32.6 Å². The van der Waals surface area contributed by atoms with Crippen LogP contribution in [0.3, 0.4) is 0 Å². The van der Waals surface area contributed by atoms with E-state index >= 15 is 0 Å². The summed E-state index contributed by atoms with van der Waals surface area (Å²) < 4.78 is 32.4. The Kier molecular flexibility index (Phi) is 25.1. The average molecular weight is 739 g/mol. The maximum atomic E-state index is 12.7. The molecule has 2 aromatic rings. The highest BCUT2D eigenvalue weighted by molar-refractivity contribution is 7.45. The van der Waals surface area contributed by atoms with E-state index in [0.29, 0.717) is 12.8 Å². The molecule has 0 saturated heterocycles. The van der Waals surface area contributed by atoms with Crippen molar-refractivity contribution in [2.45, 2.75) is 116 Å². The molecule has 2 aromatic carbocycles. The van der Waals surface area contributed by atoms with Crippen LogP contribution in [0, 0.1) is 0 Å². The molecular formula is C42H61NO8P-. The number of hydrogen-bond donors (Lipinski definition) is 1. The standard InChI is InChI=1S/C42H62NO8P/c1-2-3-4-5-6-7-8-9-10-11-12-13-21-26-41(44)48-35-40(36-50-52(46,47)49-34-33-43)51-42(45)32-31-39-29-27-38(28-30-39)25-18-15-14-17-22-37-23-19-16-20-24-37/h14-20,22-25,27-30,40H,2-13,21,26,31-36,43H2,1H3,(H,46,47)/p-1/b15-14+,22-17+,25-18+/t40-/m1/s1. The Hall–Kier alpha value is -3.33. The van der Waals surface area contributed by atoms with Crippen LogP contribution in [-0.4, -0.2) is 44.4 Å². The van der Waals surface area contributed by atoms with Gasteiger partial charge in [0.1, 0.15) is 6.61 Å². The van der Waals surface area contributed by atoms with Crippen LogP contribution in [0.4, 0.5) is 0 Å². The Morgan fingerprint density at radius 1 is 0.692 bits per heavy atom. The number of ether oxygens (including phenoxy) is 2. The van der Waals surface area contributed by atoms with E-state index in [1.54, 1.807) is 0 Å². The third-order valence-corrected chi connectivity index (χ3v) is 9.27. The van der Waals surface area contributed by atoms with Crippen molar-refractivity contribution < 1.29 is 37.6 Å². The number of phosphoric acid groups is 1. The maximum Gasteiger partial charge on any atom is 0.306 e. The molecule has 0 aliphatic carbocycles. The van der Waals surface area contributed by atoms with Crippen LogP contribution in [0.15, 0.2) is 78.9 Å². The van der Waals surface area contributed by atoms with E-state index in [9.17, 15) is 19.0 Å². The van der Waals surface area contributed by atoms with Crippen LogP contribution in [-0.2, 0) is 39.1 Å². The number of carbonyl (C=O) groups excluding carboxylic acids is 2. The van der Waals surface area contributed by atoms with Crippen molar-refractivity contribution in [2.75, 3.05) is 26.4 Å². The SMILES string of the molecule is CCCCCCCCCCCCCCCC(=O)OC[C@H](COP(=O)([O-])OCCN)OC(=O)CCc1ccc(/C=C/C=C/C=C/c2ccccc2)cc1. The Morgan fingerprint density at radius 2 is 1.25 bits per heavy atom. The molecule has 0 radical (unpaired) electrons. The Morgan fingerprint density at radius 3 is 1.83 bits per heavy atom. The monoisotopic (exact) mass is 738 g/mol. The van der Waals surface area contributed by atoms with E-state index in [1.165, 1.54) is 57.8 Å². The summed E-state index contributed by atoms with van der Waals surface area (Å²) in [5.41, 5.74) is 8.40. The molecule has 0 aliphatic heterocycles. The summed E-state index contributed by atoms with van der Waals surface area (Å²) in [5.74, 6) is -0.996. The second-order valence-corrected chi connectivity index (χ2v) is 14.3. The van der Waals surface area contributed by atoms with Crippen molar-refractivity contribution in [3.63, 3.8) is 0 Å². The average Bonchev–Trinajstić information content (AvgIpc) is 3.15. The lowest BCUT2D eigenvalue weighted by atomic mass is 10.0. The first-order valence-corrected chi connectivity index (χ1v) is 20.6. The van der Waals surface area contributed by atoms with Gasteiger partial charge in [0.2, 0.25) is 0 Å². The maximum absolute atomic E-state index is 12.7. The first-order valence-electron chi connectivity index (χ1n) is 19.1. The van der Waals surface area contributed by atoms with E-state index < -0.39 is 32.5 Å². The van der Waals surface area contributed by atoms with Crippen LogP contribution < -0.4 is 10.6 Å². The second kappa shape index (κ2) is 29.2. The molecule has 9 nitrogen and oxygen atoms in total. The lowest BCUT2D eigenvalue weighted by molar-refractivity contribution is -0.228. The third-order valence-electron chi connectivity index (χ3n) is 8.31. The minimum Gasteiger partial charge on any atom is -0.756 e. The highest BCUT2D eigenvalue weighted by atomic mass is 31.2. The number of esters is 2. The molecule has 0 heterocycles. The van der Waals surface area contributed by atoms with Crippen LogP contribution in [0.1, 0.15) is 120 Å². The summed E-state index contributed by atoms with van der Waals surface area (Å²) in [4.78, 5) is 37.2.